The number of hydrogen-bond donors (Lipinski definition) is 0. The van der Waals surface area contributed by atoms with E-state index in [2.05, 4.69) is 20.4 Å². The molecule has 2 rings (SSSR count). The fraction of sp³-hybridized carbons (Fsp3) is 0.500. The zero-order valence-corrected chi connectivity index (χ0v) is 16.3. The molecule has 1 fully saturated rings. The van der Waals surface area contributed by atoms with Crippen LogP contribution < -0.4 is 9.47 Å². The Balaban J connectivity index is 2.23. The van der Waals surface area contributed by atoms with Gasteiger partial charge in [-0.05, 0) is 30.2 Å². The summed E-state index contributed by atoms with van der Waals surface area (Å²) in [6.45, 7) is 9.00. The summed E-state index contributed by atoms with van der Waals surface area (Å²) in [6, 6.07) is 5.21. The summed E-state index contributed by atoms with van der Waals surface area (Å²) in [7, 11) is 3.06. The number of allylic oxidation sites excluding steroid dienone is 1. The number of ether oxygens (including phenoxy) is 4. The Morgan fingerprint density at radius 1 is 1.26 bits per heavy atom. The molecule has 7 nitrogen and oxygen atoms in total. The van der Waals surface area contributed by atoms with Crippen LogP contribution >= 0.6 is 0 Å². The molecule has 1 saturated heterocycles. The zero-order chi connectivity index (χ0) is 20.1. The lowest BCUT2D eigenvalue weighted by Crippen LogP contribution is -2.46. The molecule has 0 radical (unpaired) electrons. The van der Waals surface area contributed by atoms with Gasteiger partial charge in [-0.25, -0.2) is 0 Å². The van der Waals surface area contributed by atoms with Crippen LogP contribution in [-0.2, 0) is 9.47 Å². The van der Waals surface area contributed by atoms with E-state index in [1.54, 1.807) is 31.4 Å². The van der Waals surface area contributed by atoms with Crippen LogP contribution in [0.15, 0.2) is 37.1 Å². The normalized spacial score (nSPS) is 18.6. The van der Waals surface area contributed by atoms with Gasteiger partial charge in [-0.3, -0.25) is 10.1 Å². The second-order valence-electron chi connectivity index (χ2n) is 7.27. The molecule has 0 aliphatic carbocycles. The second-order valence-corrected chi connectivity index (χ2v) is 7.27. The lowest BCUT2D eigenvalue weighted by atomic mass is 9.93. The highest BCUT2D eigenvalue weighted by atomic mass is 16.7. The first-order valence-corrected chi connectivity index (χ1v) is 8.72. The third kappa shape index (κ3) is 5.30. The summed E-state index contributed by atoms with van der Waals surface area (Å²) in [5.41, 5.74) is 1.15. The van der Waals surface area contributed by atoms with Crippen LogP contribution in [0.2, 0.25) is 0 Å². The molecular weight excluding hydrogens is 350 g/mol. The molecule has 0 bridgehead atoms. The van der Waals surface area contributed by atoms with E-state index in [-0.39, 0.29) is 5.41 Å². The number of methoxy groups -OCH3 is 2. The maximum absolute atomic E-state index is 11.1. The Labute approximate surface area is 159 Å². The van der Waals surface area contributed by atoms with Crippen LogP contribution in [0.5, 0.6) is 11.5 Å². The highest BCUT2D eigenvalue weighted by Gasteiger charge is 2.38. The van der Waals surface area contributed by atoms with Gasteiger partial charge in [0.15, 0.2) is 17.3 Å². The van der Waals surface area contributed by atoms with Gasteiger partial charge in [0, 0.05) is 17.4 Å². The molecule has 7 heteroatoms. The topological polar surface area (TPSA) is 80.1 Å². The van der Waals surface area contributed by atoms with Gasteiger partial charge in [0.2, 0.25) is 6.20 Å². The number of nitro groups is 1. The van der Waals surface area contributed by atoms with E-state index in [4.69, 9.17) is 18.9 Å². The second kappa shape index (κ2) is 8.54. The van der Waals surface area contributed by atoms with E-state index in [9.17, 15) is 10.1 Å². The average molecular weight is 377 g/mol. The lowest BCUT2D eigenvalue weighted by Gasteiger charge is -2.42. The molecule has 0 unspecified atom stereocenters. The summed E-state index contributed by atoms with van der Waals surface area (Å²) in [5.74, 6) is 0.127. The van der Waals surface area contributed by atoms with E-state index in [1.807, 2.05) is 0 Å². The summed E-state index contributed by atoms with van der Waals surface area (Å²) in [5, 5.41) is 11.1. The molecule has 1 heterocycles. The molecule has 0 aromatic heterocycles. The van der Waals surface area contributed by atoms with E-state index in [0.29, 0.717) is 48.7 Å². The van der Waals surface area contributed by atoms with Crippen molar-refractivity contribution in [2.75, 3.05) is 27.4 Å². The fourth-order valence-electron chi connectivity index (χ4n) is 2.84. The molecule has 148 valence electrons. The lowest BCUT2D eigenvalue weighted by molar-refractivity contribution is -0.401. The molecule has 1 aliphatic heterocycles. The molecule has 1 aromatic rings. The summed E-state index contributed by atoms with van der Waals surface area (Å²) in [6.07, 6.45) is 3.43. The van der Waals surface area contributed by atoms with Crippen molar-refractivity contribution in [3.8, 4) is 11.5 Å². The fourth-order valence-corrected chi connectivity index (χ4v) is 2.84. The van der Waals surface area contributed by atoms with Gasteiger partial charge in [0.1, 0.15) is 0 Å². The minimum atomic E-state index is -0.943. The summed E-state index contributed by atoms with van der Waals surface area (Å²) in [4.78, 5) is 10.7. The van der Waals surface area contributed by atoms with Crippen LogP contribution in [0, 0.1) is 15.5 Å². The van der Waals surface area contributed by atoms with Crippen molar-refractivity contribution in [2.45, 2.75) is 32.5 Å². The van der Waals surface area contributed by atoms with Crippen LogP contribution in [-0.4, -0.2) is 38.1 Å². The van der Waals surface area contributed by atoms with Gasteiger partial charge in [-0.2, -0.15) is 0 Å². The van der Waals surface area contributed by atoms with Gasteiger partial charge >= 0.3 is 0 Å². The Kier molecular flexibility index (Phi) is 6.62. The van der Waals surface area contributed by atoms with E-state index >= 15 is 0 Å². The van der Waals surface area contributed by atoms with Crippen LogP contribution in [0.4, 0.5) is 0 Å². The van der Waals surface area contributed by atoms with Crippen LogP contribution in [0.25, 0.3) is 5.57 Å². The van der Waals surface area contributed by atoms with Crippen molar-refractivity contribution < 1.29 is 23.9 Å². The number of benzene rings is 1. The zero-order valence-electron chi connectivity index (χ0n) is 16.3. The van der Waals surface area contributed by atoms with Crippen molar-refractivity contribution in [1.29, 1.82) is 0 Å². The maximum atomic E-state index is 11.1. The van der Waals surface area contributed by atoms with Crippen molar-refractivity contribution in [2.24, 2.45) is 5.41 Å². The summed E-state index contributed by atoms with van der Waals surface area (Å²) < 4.78 is 22.4. The molecular formula is C20H27NO6. The number of hydrogen-bond acceptors (Lipinski definition) is 6. The van der Waals surface area contributed by atoms with Crippen molar-refractivity contribution in [1.82, 2.24) is 0 Å². The predicted molar refractivity (Wildman–Crippen MR) is 102 cm³/mol. The third-order valence-corrected chi connectivity index (χ3v) is 4.48. The predicted octanol–water partition coefficient (Wildman–Crippen LogP) is 4.06. The van der Waals surface area contributed by atoms with Crippen LogP contribution in [0.3, 0.4) is 0 Å². The Hall–Kier alpha value is -2.38. The number of nitrogens with zero attached hydrogens (tertiary/aromatic N) is 1. The number of rotatable bonds is 8. The monoisotopic (exact) mass is 377 g/mol. The molecule has 0 atom stereocenters. The Morgan fingerprint density at radius 2 is 1.89 bits per heavy atom. The highest BCUT2D eigenvalue weighted by molar-refractivity contribution is 5.67. The van der Waals surface area contributed by atoms with Gasteiger partial charge in [0.25, 0.3) is 0 Å². The van der Waals surface area contributed by atoms with Gasteiger partial charge in [-0.1, -0.05) is 26.5 Å². The molecule has 0 amide bonds. The van der Waals surface area contributed by atoms with Gasteiger partial charge in [-0.15, -0.1) is 0 Å². The molecule has 0 saturated carbocycles. The Morgan fingerprint density at radius 3 is 2.41 bits per heavy atom. The largest absolute Gasteiger partial charge is 0.493 e. The summed E-state index contributed by atoms with van der Waals surface area (Å²) >= 11 is 0. The van der Waals surface area contributed by atoms with Crippen molar-refractivity contribution >= 4 is 5.57 Å². The molecule has 0 spiro atoms. The van der Waals surface area contributed by atoms with Crippen molar-refractivity contribution in [3.05, 3.63) is 52.7 Å². The molecule has 0 N–H and O–H groups in total. The highest BCUT2D eigenvalue weighted by Crippen LogP contribution is 2.37. The standard InChI is InChI=1S/C20H27NO6/c1-6-20(26-13-19(2,3)14-27-20)10-9-16(12-21(22)23)15-7-8-17(24-4)18(11-15)25-5/h6-8,11-12H,1,9-10,13-14H2,2-5H3. The van der Waals surface area contributed by atoms with E-state index < -0.39 is 10.7 Å². The SMILES string of the molecule is C=CC1(CCC(=C[N+](=O)[O-])c2ccc(OC)c(OC)c2)OCC(C)(C)CO1. The quantitative estimate of drug-likeness (QED) is 0.386. The minimum Gasteiger partial charge on any atom is -0.493 e. The smallest absolute Gasteiger partial charge is 0.238 e. The minimum absolute atomic E-state index is 0.0740. The molecule has 1 aromatic carbocycles. The first-order valence-electron chi connectivity index (χ1n) is 8.72. The van der Waals surface area contributed by atoms with Crippen LogP contribution in [0.1, 0.15) is 32.3 Å². The van der Waals surface area contributed by atoms with E-state index in [1.165, 1.54) is 7.11 Å². The maximum Gasteiger partial charge on any atom is 0.238 e. The first-order chi connectivity index (χ1) is 12.7. The molecule has 27 heavy (non-hydrogen) atoms. The Bertz CT molecular complexity index is 715. The van der Waals surface area contributed by atoms with Gasteiger partial charge < -0.3 is 18.9 Å². The first kappa shape index (κ1) is 20.9. The van der Waals surface area contributed by atoms with Crippen molar-refractivity contribution in [3.63, 3.8) is 0 Å². The third-order valence-electron chi connectivity index (χ3n) is 4.48. The average Bonchev–Trinajstić information content (AvgIpc) is 2.65. The van der Waals surface area contributed by atoms with E-state index in [0.717, 1.165) is 6.20 Å². The molecule has 1 aliphatic rings. The van der Waals surface area contributed by atoms with Gasteiger partial charge in [0.05, 0.1) is 32.4 Å².